The van der Waals surface area contributed by atoms with Gasteiger partial charge in [0.25, 0.3) is 0 Å². The zero-order chi connectivity index (χ0) is 9.07. The molecule has 0 aliphatic carbocycles. The van der Waals surface area contributed by atoms with Crippen molar-refractivity contribution in [3.8, 4) is 0 Å². The number of hydrogen-bond acceptors (Lipinski definition) is 2. The van der Waals surface area contributed by atoms with E-state index in [9.17, 15) is 9.18 Å². The van der Waals surface area contributed by atoms with Crippen LogP contribution in [-0.4, -0.2) is 18.0 Å². The van der Waals surface area contributed by atoms with Crippen LogP contribution in [0.15, 0.2) is 0 Å². The van der Waals surface area contributed by atoms with E-state index < -0.39 is 5.67 Å². The van der Waals surface area contributed by atoms with E-state index in [0.717, 1.165) is 0 Å². The zero-order valence-electron chi connectivity index (χ0n) is 7.36. The fourth-order valence-corrected chi connectivity index (χ4v) is 0.979. The maximum atomic E-state index is 13.0. The lowest BCUT2D eigenvalue weighted by Crippen LogP contribution is -2.28. The number of carbonyl (C=O) groups is 1. The van der Waals surface area contributed by atoms with Crippen molar-refractivity contribution in [3.05, 3.63) is 0 Å². The van der Waals surface area contributed by atoms with Gasteiger partial charge in [-0.05, 0) is 27.2 Å². The Morgan fingerprint density at radius 1 is 1.64 bits per heavy atom. The van der Waals surface area contributed by atoms with Gasteiger partial charge in [0.15, 0.2) is 0 Å². The number of ketones is 1. The summed E-state index contributed by atoms with van der Waals surface area (Å²) in [5.41, 5.74) is 4.00. The van der Waals surface area contributed by atoms with Crippen LogP contribution < -0.4 is 5.73 Å². The quantitative estimate of drug-likeness (QED) is 0.675. The molecule has 0 bridgehead atoms. The van der Waals surface area contributed by atoms with Gasteiger partial charge in [0, 0.05) is 12.5 Å². The molecule has 0 radical (unpaired) electrons. The number of hydrogen-bond donors (Lipinski definition) is 1. The first-order chi connectivity index (χ1) is 4.87. The second kappa shape index (κ2) is 3.81. The maximum absolute atomic E-state index is 13.0. The Hall–Kier alpha value is -0.440. The molecule has 0 saturated heterocycles. The second-order valence-electron chi connectivity index (χ2n) is 3.47. The molecular weight excluding hydrogens is 145 g/mol. The number of alkyl halides is 1. The van der Waals surface area contributed by atoms with E-state index in [0.29, 0.717) is 0 Å². The molecule has 0 fully saturated rings. The van der Waals surface area contributed by atoms with Crippen LogP contribution in [0.25, 0.3) is 0 Å². The smallest absolute Gasteiger partial charge is 0.134 e. The summed E-state index contributed by atoms with van der Waals surface area (Å²) in [5.74, 6) is -0.353. The Morgan fingerprint density at radius 2 is 2.09 bits per heavy atom. The molecule has 0 heterocycles. The highest BCUT2D eigenvalue weighted by Crippen LogP contribution is 2.20. The largest absolute Gasteiger partial charge is 0.330 e. The lowest BCUT2D eigenvalue weighted by molar-refractivity contribution is -0.121. The van der Waals surface area contributed by atoms with Crippen LogP contribution in [0, 0.1) is 5.92 Å². The number of halogens is 1. The van der Waals surface area contributed by atoms with E-state index in [1.807, 2.05) is 0 Å². The van der Waals surface area contributed by atoms with Gasteiger partial charge in [-0.15, -0.1) is 0 Å². The van der Waals surface area contributed by atoms with E-state index in [4.69, 9.17) is 5.73 Å². The van der Waals surface area contributed by atoms with Crippen molar-refractivity contribution < 1.29 is 9.18 Å². The summed E-state index contributed by atoms with van der Waals surface area (Å²) in [6.45, 7) is 4.60. The monoisotopic (exact) mass is 161 g/mol. The van der Waals surface area contributed by atoms with Gasteiger partial charge in [0.05, 0.1) is 0 Å². The van der Waals surface area contributed by atoms with Crippen molar-refractivity contribution in [1.82, 2.24) is 0 Å². The molecule has 0 aromatic rings. The Kier molecular flexibility index (Phi) is 3.66. The first kappa shape index (κ1) is 10.6. The molecule has 0 saturated carbocycles. The SMILES string of the molecule is CC(=O)C(CN)CC(C)(C)F. The van der Waals surface area contributed by atoms with E-state index >= 15 is 0 Å². The van der Waals surface area contributed by atoms with E-state index in [1.54, 1.807) is 0 Å². The third-order valence-corrected chi connectivity index (χ3v) is 1.59. The molecule has 3 heteroatoms. The topological polar surface area (TPSA) is 43.1 Å². The molecule has 0 amide bonds. The van der Waals surface area contributed by atoms with E-state index in [2.05, 4.69) is 0 Å². The Balaban J connectivity index is 3.99. The number of nitrogens with two attached hydrogens (primary N) is 1. The average Bonchev–Trinajstić information content (AvgIpc) is 1.80. The van der Waals surface area contributed by atoms with Crippen LogP contribution in [0.1, 0.15) is 27.2 Å². The summed E-state index contributed by atoms with van der Waals surface area (Å²) in [6.07, 6.45) is 0.221. The van der Waals surface area contributed by atoms with Crippen molar-refractivity contribution in [1.29, 1.82) is 0 Å². The van der Waals surface area contributed by atoms with Gasteiger partial charge in [-0.3, -0.25) is 4.79 Å². The predicted molar refractivity (Wildman–Crippen MR) is 43.0 cm³/mol. The summed E-state index contributed by atoms with van der Waals surface area (Å²) >= 11 is 0. The third-order valence-electron chi connectivity index (χ3n) is 1.59. The molecule has 66 valence electrons. The van der Waals surface area contributed by atoms with Crippen LogP contribution in [-0.2, 0) is 4.79 Å². The average molecular weight is 161 g/mol. The fourth-order valence-electron chi connectivity index (χ4n) is 0.979. The molecule has 11 heavy (non-hydrogen) atoms. The summed E-state index contributed by atoms with van der Waals surface area (Å²) < 4.78 is 13.0. The van der Waals surface area contributed by atoms with Gasteiger partial charge in [-0.1, -0.05) is 0 Å². The Labute approximate surface area is 67.0 Å². The van der Waals surface area contributed by atoms with Crippen molar-refractivity contribution in [3.63, 3.8) is 0 Å². The molecule has 0 aromatic heterocycles. The zero-order valence-corrected chi connectivity index (χ0v) is 7.36. The van der Waals surface area contributed by atoms with Gasteiger partial charge in [0.2, 0.25) is 0 Å². The van der Waals surface area contributed by atoms with Crippen LogP contribution in [0.4, 0.5) is 4.39 Å². The van der Waals surface area contributed by atoms with Gasteiger partial charge < -0.3 is 5.73 Å². The summed E-state index contributed by atoms with van der Waals surface area (Å²) in [5, 5.41) is 0. The highest BCUT2D eigenvalue weighted by atomic mass is 19.1. The van der Waals surface area contributed by atoms with Gasteiger partial charge in [-0.2, -0.15) is 0 Å². The number of carbonyl (C=O) groups excluding carboxylic acids is 1. The van der Waals surface area contributed by atoms with Crippen LogP contribution in [0.2, 0.25) is 0 Å². The second-order valence-corrected chi connectivity index (χ2v) is 3.47. The number of rotatable bonds is 4. The molecule has 2 N–H and O–H groups in total. The van der Waals surface area contributed by atoms with Crippen molar-refractivity contribution in [2.75, 3.05) is 6.54 Å². The number of Topliss-reactive ketones (excluding diaryl/α,β-unsaturated/α-hetero) is 1. The van der Waals surface area contributed by atoms with E-state index in [-0.39, 0.29) is 24.7 Å². The molecule has 1 unspecified atom stereocenters. The summed E-state index contributed by atoms with van der Waals surface area (Å²) in [7, 11) is 0. The standard InChI is InChI=1S/C8H16FNO/c1-6(11)7(5-10)4-8(2,3)9/h7H,4-5,10H2,1-3H3. The minimum absolute atomic E-state index is 0.0294. The predicted octanol–water partition coefficient (Wildman–Crippen LogP) is 1.29. The minimum Gasteiger partial charge on any atom is -0.330 e. The third kappa shape index (κ3) is 4.90. The van der Waals surface area contributed by atoms with Gasteiger partial charge in [-0.25, -0.2) is 4.39 Å². The first-order valence-electron chi connectivity index (χ1n) is 3.76. The summed E-state index contributed by atoms with van der Waals surface area (Å²) in [4.78, 5) is 10.8. The summed E-state index contributed by atoms with van der Waals surface area (Å²) in [6, 6.07) is 0. The highest BCUT2D eigenvalue weighted by molar-refractivity contribution is 5.78. The first-order valence-corrected chi connectivity index (χ1v) is 3.76. The van der Waals surface area contributed by atoms with Crippen LogP contribution >= 0.6 is 0 Å². The molecule has 0 aromatic carbocycles. The minimum atomic E-state index is -1.30. The Bertz CT molecular complexity index is 140. The molecule has 0 aliphatic rings. The van der Waals surface area contributed by atoms with Crippen LogP contribution in [0.3, 0.4) is 0 Å². The maximum Gasteiger partial charge on any atom is 0.134 e. The van der Waals surface area contributed by atoms with Crippen molar-refractivity contribution in [2.24, 2.45) is 11.7 Å². The van der Waals surface area contributed by atoms with Crippen molar-refractivity contribution >= 4 is 5.78 Å². The fraction of sp³-hybridized carbons (Fsp3) is 0.875. The van der Waals surface area contributed by atoms with Gasteiger partial charge in [0.1, 0.15) is 11.5 Å². The van der Waals surface area contributed by atoms with Gasteiger partial charge >= 0.3 is 0 Å². The molecule has 1 atom stereocenters. The molecule has 0 rings (SSSR count). The van der Waals surface area contributed by atoms with E-state index in [1.165, 1.54) is 20.8 Å². The highest BCUT2D eigenvalue weighted by Gasteiger charge is 2.23. The van der Waals surface area contributed by atoms with Crippen LogP contribution in [0.5, 0.6) is 0 Å². The molecule has 0 aliphatic heterocycles. The molecule has 2 nitrogen and oxygen atoms in total. The molecule has 0 spiro atoms. The van der Waals surface area contributed by atoms with Crippen molar-refractivity contribution in [2.45, 2.75) is 32.9 Å². The molecular formula is C8H16FNO. The normalized spacial score (nSPS) is 14.6. The lowest BCUT2D eigenvalue weighted by atomic mass is 9.92. The Morgan fingerprint density at radius 3 is 2.18 bits per heavy atom. The lowest BCUT2D eigenvalue weighted by Gasteiger charge is -2.19.